The zero-order valence-electron chi connectivity index (χ0n) is 17.3. The molecule has 0 radical (unpaired) electrons. The highest BCUT2D eigenvalue weighted by Gasteiger charge is 2.38. The molecule has 3 aromatic rings. The Hall–Kier alpha value is -3.97. The van der Waals surface area contributed by atoms with Gasteiger partial charge >= 0.3 is 5.97 Å². The van der Waals surface area contributed by atoms with Gasteiger partial charge in [-0.25, -0.2) is 0 Å². The molecule has 0 saturated carbocycles. The molecule has 5 rings (SSSR count). The molecular weight excluding hydrogens is 448 g/mol. The lowest BCUT2D eigenvalue weighted by Gasteiger charge is -2.26. The highest BCUT2D eigenvalue weighted by Crippen LogP contribution is 2.49. The third-order valence-electron chi connectivity index (χ3n) is 5.65. The first-order valence-electron chi connectivity index (χ1n) is 10.0. The maximum Gasteiger partial charge on any atom is 0.312 e. The van der Waals surface area contributed by atoms with E-state index in [1.165, 1.54) is 25.3 Å². The predicted molar refractivity (Wildman–Crippen MR) is 119 cm³/mol. The van der Waals surface area contributed by atoms with Crippen LogP contribution < -0.4 is 14.2 Å². The normalized spacial score (nSPS) is 17.9. The molecule has 0 bridgehead atoms. The van der Waals surface area contributed by atoms with Crippen molar-refractivity contribution in [3.63, 3.8) is 0 Å². The van der Waals surface area contributed by atoms with Crippen LogP contribution in [0.5, 0.6) is 28.7 Å². The van der Waals surface area contributed by atoms with Gasteiger partial charge in [0.2, 0.25) is 5.78 Å². The number of aromatic hydroxyl groups is 2. The minimum atomic E-state index is -0.480. The van der Waals surface area contributed by atoms with Crippen LogP contribution in [0.25, 0.3) is 6.08 Å². The van der Waals surface area contributed by atoms with E-state index in [9.17, 15) is 19.8 Å². The Kier molecular flexibility index (Phi) is 4.98. The number of esters is 1. The molecule has 166 valence electrons. The summed E-state index contributed by atoms with van der Waals surface area (Å²) in [6, 6.07) is 12.6. The molecule has 0 spiro atoms. The van der Waals surface area contributed by atoms with Crippen LogP contribution in [0.15, 0.2) is 54.3 Å². The number of rotatable bonds is 3. The second-order valence-corrected chi connectivity index (χ2v) is 8.07. The molecule has 2 heterocycles. The van der Waals surface area contributed by atoms with Crippen LogP contribution in [0.3, 0.4) is 0 Å². The first-order valence-corrected chi connectivity index (χ1v) is 10.4. The van der Waals surface area contributed by atoms with Gasteiger partial charge in [-0.2, -0.15) is 0 Å². The SMILES string of the molecule is COc1ccc(/C=C2\Oc3c(ccc4c3[C@H](c3ccc(O)c(Cl)c3)CC(=O)O4)C2=O)cc1O. The summed E-state index contributed by atoms with van der Waals surface area (Å²) in [5.41, 5.74) is 2.12. The summed E-state index contributed by atoms with van der Waals surface area (Å²) in [4.78, 5) is 25.3. The van der Waals surface area contributed by atoms with Gasteiger partial charge in [0.15, 0.2) is 17.3 Å². The molecule has 1 atom stereocenters. The van der Waals surface area contributed by atoms with Crippen LogP contribution in [0.4, 0.5) is 0 Å². The van der Waals surface area contributed by atoms with Gasteiger partial charge in [-0.05, 0) is 53.6 Å². The fourth-order valence-corrected chi connectivity index (χ4v) is 4.27. The van der Waals surface area contributed by atoms with Crippen LogP contribution in [0.1, 0.15) is 39.4 Å². The fraction of sp³-hybridized carbons (Fsp3) is 0.120. The third kappa shape index (κ3) is 3.56. The first kappa shape index (κ1) is 20.9. The number of ketones is 1. The Labute approximate surface area is 193 Å². The topological polar surface area (TPSA) is 102 Å². The number of methoxy groups -OCH3 is 1. The van der Waals surface area contributed by atoms with Gasteiger partial charge in [-0.3, -0.25) is 9.59 Å². The fourth-order valence-electron chi connectivity index (χ4n) is 4.08. The molecule has 0 unspecified atom stereocenters. The number of phenolic OH excluding ortho intramolecular Hbond substituents is 2. The molecular formula is C25H17ClO7. The molecule has 7 nitrogen and oxygen atoms in total. The average Bonchev–Trinajstić information content (AvgIpc) is 3.10. The monoisotopic (exact) mass is 464 g/mol. The van der Waals surface area contributed by atoms with Crippen LogP contribution in [0.2, 0.25) is 5.02 Å². The van der Waals surface area contributed by atoms with Gasteiger partial charge in [0.25, 0.3) is 0 Å². The Morgan fingerprint density at radius 1 is 1.03 bits per heavy atom. The van der Waals surface area contributed by atoms with Gasteiger partial charge in [0.05, 0.1) is 24.1 Å². The molecule has 0 aromatic heterocycles. The molecule has 33 heavy (non-hydrogen) atoms. The van der Waals surface area contributed by atoms with E-state index < -0.39 is 11.9 Å². The quantitative estimate of drug-likeness (QED) is 0.325. The molecule has 0 amide bonds. The second-order valence-electron chi connectivity index (χ2n) is 7.67. The van der Waals surface area contributed by atoms with Gasteiger partial charge < -0.3 is 24.4 Å². The summed E-state index contributed by atoms with van der Waals surface area (Å²) in [6.45, 7) is 0. The highest BCUT2D eigenvalue weighted by atomic mass is 35.5. The molecule has 8 heteroatoms. The molecule has 3 aromatic carbocycles. The van der Waals surface area contributed by atoms with E-state index in [2.05, 4.69) is 0 Å². The minimum Gasteiger partial charge on any atom is -0.506 e. The summed E-state index contributed by atoms with van der Waals surface area (Å²) in [6.07, 6.45) is 1.54. The lowest BCUT2D eigenvalue weighted by atomic mass is 9.84. The summed E-state index contributed by atoms with van der Waals surface area (Å²) in [7, 11) is 1.45. The van der Waals surface area contributed by atoms with E-state index in [0.717, 1.165) is 0 Å². The molecule has 0 fully saturated rings. The molecule has 2 N–H and O–H groups in total. The molecule has 0 saturated heterocycles. The number of benzene rings is 3. The van der Waals surface area contributed by atoms with Crippen LogP contribution >= 0.6 is 11.6 Å². The Morgan fingerprint density at radius 2 is 1.85 bits per heavy atom. The molecule has 2 aliphatic rings. The van der Waals surface area contributed by atoms with Crippen molar-refractivity contribution in [3.8, 4) is 28.7 Å². The van der Waals surface area contributed by atoms with Crippen LogP contribution in [-0.4, -0.2) is 29.1 Å². The van der Waals surface area contributed by atoms with E-state index in [4.69, 9.17) is 25.8 Å². The van der Waals surface area contributed by atoms with E-state index in [1.54, 1.807) is 36.4 Å². The highest BCUT2D eigenvalue weighted by molar-refractivity contribution is 6.32. The average molecular weight is 465 g/mol. The van der Waals surface area contributed by atoms with E-state index >= 15 is 0 Å². The Bertz CT molecular complexity index is 1360. The summed E-state index contributed by atoms with van der Waals surface area (Å²) < 4.78 is 16.4. The second kappa shape index (κ2) is 7.86. The van der Waals surface area contributed by atoms with E-state index in [1.807, 2.05) is 0 Å². The number of allylic oxidation sites excluding steroid dienone is 1. The van der Waals surface area contributed by atoms with Crippen molar-refractivity contribution >= 4 is 29.4 Å². The van der Waals surface area contributed by atoms with Gasteiger partial charge in [0, 0.05) is 11.5 Å². The molecule has 0 aliphatic carbocycles. The maximum absolute atomic E-state index is 13.1. The smallest absolute Gasteiger partial charge is 0.312 e. The van der Waals surface area contributed by atoms with Crippen LogP contribution in [0, 0.1) is 0 Å². The zero-order chi connectivity index (χ0) is 23.3. The van der Waals surface area contributed by atoms with Crippen molar-refractivity contribution in [1.82, 2.24) is 0 Å². The number of carbonyl (C=O) groups excluding carboxylic acids is 2. The summed E-state index contributed by atoms with van der Waals surface area (Å²) in [5.74, 6) is -0.384. The Balaban J connectivity index is 1.59. The van der Waals surface area contributed by atoms with Gasteiger partial charge in [-0.15, -0.1) is 0 Å². The maximum atomic E-state index is 13.1. The standard InChI is InChI=1S/C25H17ClO7/c1-31-19-6-2-12(8-18(19)28)9-21-24(30)14-4-7-20-23(25(14)33-21)15(11-22(29)32-20)13-3-5-17(27)16(26)10-13/h2-10,15,27-28H,11H2,1H3/b21-9-/t15-/m0/s1. The van der Waals surface area contributed by atoms with Crippen molar-refractivity contribution in [2.75, 3.05) is 7.11 Å². The number of hydrogen-bond acceptors (Lipinski definition) is 7. The van der Waals surface area contributed by atoms with Crippen molar-refractivity contribution < 1.29 is 34.0 Å². The van der Waals surface area contributed by atoms with Gasteiger partial charge in [0.1, 0.15) is 17.2 Å². The predicted octanol–water partition coefficient (Wildman–Crippen LogP) is 4.82. The number of halogens is 1. The van der Waals surface area contributed by atoms with E-state index in [0.29, 0.717) is 39.5 Å². The number of fused-ring (bicyclic) bond motifs is 3. The number of ether oxygens (including phenoxy) is 3. The summed E-state index contributed by atoms with van der Waals surface area (Å²) >= 11 is 6.09. The van der Waals surface area contributed by atoms with Crippen molar-refractivity contribution in [2.45, 2.75) is 12.3 Å². The van der Waals surface area contributed by atoms with Crippen molar-refractivity contribution in [2.24, 2.45) is 0 Å². The number of carbonyl (C=O) groups is 2. The lowest BCUT2D eigenvalue weighted by molar-refractivity contribution is -0.135. The lowest BCUT2D eigenvalue weighted by Crippen LogP contribution is -2.21. The number of hydrogen-bond donors (Lipinski definition) is 2. The van der Waals surface area contributed by atoms with Crippen molar-refractivity contribution in [3.05, 3.63) is 81.6 Å². The van der Waals surface area contributed by atoms with Crippen LogP contribution in [-0.2, 0) is 4.79 Å². The van der Waals surface area contributed by atoms with Crippen molar-refractivity contribution in [1.29, 1.82) is 0 Å². The molecule has 2 aliphatic heterocycles. The summed E-state index contributed by atoms with van der Waals surface area (Å²) in [5, 5.41) is 20.0. The number of phenols is 2. The largest absolute Gasteiger partial charge is 0.506 e. The van der Waals surface area contributed by atoms with E-state index in [-0.39, 0.29) is 34.5 Å². The zero-order valence-corrected chi connectivity index (χ0v) is 18.1. The van der Waals surface area contributed by atoms with Gasteiger partial charge in [-0.1, -0.05) is 23.7 Å². The third-order valence-corrected chi connectivity index (χ3v) is 5.96. The number of Topliss-reactive ketones (excluding diaryl/α,β-unsaturated/α-hetero) is 1. The Morgan fingerprint density at radius 3 is 2.58 bits per heavy atom. The minimum absolute atomic E-state index is 0.0213. The first-order chi connectivity index (χ1) is 15.9.